The second kappa shape index (κ2) is 7.18. The molecule has 25 heavy (non-hydrogen) atoms. The van der Waals surface area contributed by atoms with Gasteiger partial charge in [0.1, 0.15) is 12.4 Å². The van der Waals surface area contributed by atoms with Gasteiger partial charge in [0.15, 0.2) is 5.82 Å². The highest BCUT2D eigenvalue weighted by Crippen LogP contribution is 2.09. The zero-order valence-electron chi connectivity index (χ0n) is 13.6. The molecule has 3 rings (SSSR count). The van der Waals surface area contributed by atoms with Gasteiger partial charge in [0.25, 0.3) is 0 Å². The number of tetrazole rings is 1. The molecule has 0 aliphatic carbocycles. The normalized spacial score (nSPS) is 12.2. The smallest absolute Gasteiger partial charge is 0.306 e. The summed E-state index contributed by atoms with van der Waals surface area (Å²) in [6.45, 7) is 2.24. The molecule has 2 aromatic heterocycles. The largest absolute Gasteiger partial charge is 0.389 e. The van der Waals surface area contributed by atoms with Crippen LogP contribution in [-0.2, 0) is 19.5 Å². The van der Waals surface area contributed by atoms with Gasteiger partial charge in [0, 0.05) is 6.42 Å². The van der Waals surface area contributed by atoms with Crippen LogP contribution >= 0.6 is 0 Å². The van der Waals surface area contributed by atoms with E-state index >= 15 is 0 Å². The van der Waals surface area contributed by atoms with Crippen molar-refractivity contribution in [2.45, 2.75) is 32.5 Å². The zero-order chi connectivity index (χ0) is 17.8. The molecule has 3 aromatic rings. The van der Waals surface area contributed by atoms with Gasteiger partial charge in [-0.3, -0.25) is 14.8 Å². The predicted molar refractivity (Wildman–Crippen MR) is 86.7 cm³/mol. The molecule has 1 atom stereocenters. The summed E-state index contributed by atoms with van der Waals surface area (Å²) in [7, 11) is 0. The summed E-state index contributed by atoms with van der Waals surface area (Å²) in [6, 6.07) is 8.06. The number of nitrogens with zero attached hydrogens (tertiary/aromatic N) is 7. The SMILES string of the molecule is Cc1ccc(Cc2nnn(C[C@H](O)Cn3cc([N+](=O)[O-])cn3)n2)cc1. The molecule has 0 bridgehead atoms. The Bertz CT molecular complexity index is 856. The van der Waals surface area contributed by atoms with Crippen LogP contribution in [0.5, 0.6) is 0 Å². The number of nitro groups is 1. The Morgan fingerprint density at radius 2 is 2.04 bits per heavy atom. The van der Waals surface area contributed by atoms with Gasteiger partial charge in [0.2, 0.25) is 0 Å². The van der Waals surface area contributed by atoms with E-state index in [4.69, 9.17) is 0 Å². The van der Waals surface area contributed by atoms with E-state index in [-0.39, 0.29) is 18.8 Å². The molecular formula is C15H17N7O3. The summed E-state index contributed by atoms with van der Waals surface area (Å²) >= 11 is 0. The minimum atomic E-state index is -0.846. The second-order valence-corrected chi connectivity index (χ2v) is 5.75. The molecule has 0 aliphatic rings. The highest BCUT2D eigenvalue weighted by molar-refractivity contribution is 5.23. The topological polar surface area (TPSA) is 125 Å². The van der Waals surface area contributed by atoms with Gasteiger partial charge in [-0.2, -0.15) is 9.90 Å². The minimum Gasteiger partial charge on any atom is -0.389 e. The van der Waals surface area contributed by atoms with Crippen molar-refractivity contribution in [3.63, 3.8) is 0 Å². The first kappa shape index (κ1) is 16.7. The first-order chi connectivity index (χ1) is 12.0. The Hall–Kier alpha value is -3.14. The van der Waals surface area contributed by atoms with Crippen molar-refractivity contribution in [1.29, 1.82) is 0 Å². The summed E-state index contributed by atoms with van der Waals surface area (Å²) in [5.74, 6) is 0.561. The maximum atomic E-state index is 10.6. The lowest BCUT2D eigenvalue weighted by Gasteiger charge is -2.08. The highest BCUT2D eigenvalue weighted by atomic mass is 16.6. The van der Waals surface area contributed by atoms with Crippen LogP contribution in [-0.4, -0.2) is 46.1 Å². The van der Waals surface area contributed by atoms with Crippen molar-refractivity contribution in [3.8, 4) is 0 Å². The van der Waals surface area contributed by atoms with Crippen molar-refractivity contribution < 1.29 is 10.0 Å². The Kier molecular flexibility index (Phi) is 4.80. The van der Waals surface area contributed by atoms with Crippen LogP contribution in [0.15, 0.2) is 36.7 Å². The second-order valence-electron chi connectivity index (χ2n) is 5.75. The third kappa shape index (κ3) is 4.44. The van der Waals surface area contributed by atoms with E-state index in [0.717, 1.165) is 11.8 Å². The van der Waals surface area contributed by atoms with Crippen molar-refractivity contribution in [1.82, 2.24) is 30.0 Å². The average molecular weight is 343 g/mol. The maximum Gasteiger partial charge on any atom is 0.306 e. The molecule has 0 radical (unpaired) electrons. The number of rotatable bonds is 7. The quantitative estimate of drug-likeness (QED) is 0.495. The predicted octanol–water partition coefficient (Wildman–Crippen LogP) is 0.738. The van der Waals surface area contributed by atoms with Crippen molar-refractivity contribution in [3.05, 3.63) is 63.7 Å². The lowest BCUT2D eigenvalue weighted by atomic mass is 10.1. The van der Waals surface area contributed by atoms with Crippen LogP contribution in [0, 0.1) is 17.0 Å². The van der Waals surface area contributed by atoms with E-state index in [2.05, 4.69) is 20.5 Å². The van der Waals surface area contributed by atoms with Crippen LogP contribution in [0.1, 0.15) is 17.0 Å². The molecule has 0 unspecified atom stereocenters. The zero-order valence-corrected chi connectivity index (χ0v) is 13.6. The lowest BCUT2D eigenvalue weighted by molar-refractivity contribution is -0.385. The number of aryl methyl sites for hydroxylation is 1. The molecule has 0 aliphatic heterocycles. The summed E-state index contributed by atoms with van der Waals surface area (Å²) < 4.78 is 1.31. The molecule has 1 aromatic carbocycles. The molecule has 0 amide bonds. The monoisotopic (exact) mass is 343 g/mol. The standard InChI is InChI=1S/C15H17N7O3/c1-11-2-4-12(5-3-11)6-15-17-19-21(18-15)10-14(23)9-20-8-13(7-16-20)22(24)25/h2-5,7-8,14,23H,6,9-10H2,1H3/t14-/m1/s1. The van der Waals surface area contributed by atoms with Crippen LogP contribution < -0.4 is 0 Å². The van der Waals surface area contributed by atoms with E-state index in [1.807, 2.05) is 31.2 Å². The molecule has 0 fully saturated rings. The van der Waals surface area contributed by atoms with E-state index in [9.17, 15) is 15.2 Å². The fraction of sp³-hybridized carbons (Fsp3) is 0.333. The van der Waals surface area contributed by atoms with E-state index in [1.54, 1.807) is 0 Å². The van der Waals surface area contributed by atoms with Gasteiger partial charge in [-0.1, -0.05) is 29.8 Å². The fourth-order valence-electron chi connectivity index (χ4n) is 2.32. The molecule has 2 heterocycles. The highest BCUT2D eigenvalue weighted by Gasteiger charge is 2.14. The van der Waals surface area contributed by atoms with Gasteiger partial charge in [0.05, 0.1) is 24.1 Å². The summed E-state index contributed by atoms with van der Waals surface area (Å²) in [4.78, 5) is 11.4. The molecule has 0 saturated carbocycles. The number of hydrogen-bond donors (Lipinski definition) is 1. The third-order valence-corrected chi connectivity index (χ3v) is 3.58. The van der Waals surface area contributed by atoms with Crippen molar-refractivity contribution >= 4 is 5.69 Å². The Labute approximate surface area is 142 Å². The van der Waals surface area contributed by atoms with Crippen LogP contribution in [0.25, 0.3) is 0 Å². The number of aliphatic hydroxyl groups is 1. The van der Waals surface area contributed by atoms with E-state index in [0.29, 0.717) is 12.2 Å². The van der Waals surface area contributed by atoms with Gasteiger partial charge >= 0.3 is 5.69 Å². The Morgan fingerprint density at radius 3 is 2.72 bits per heavy atom. The van der Waals surface area contributed by atoms with Gasteiger partial charge < -0.3 is 5.11 Å². The lowest BCUT2D eigenvalue weighted by Crippen LogP contribution is -2.23. The number of benzene rings is 1. The number of aliphatic hydroxyl groups excluding tert-OH is 1. The Morgan fingerprint density at radius 1 is 1.28 bits per heavy atom. The van der Waals surface area contributed by atoms with Gasteiger partial charge in [-0.25, -0.2) is 0 Å². The summed E-state index contributed by atoms with van der Waals surface area (Å²) in [6.07, 6.45) is 2.11. The number of aromatic nitrogens is 6. The molecule has 0 saturated heterocycles. The van der Waals surface area contributed by atoms with Crippen LogP contribution in [0.2, 0.25) is 0 Å². The van der Waals surface area contributed by atoms with Crippen molar-refractivity contribution in [2.75, 3.05) is 0 Å². The Balaban J connectivity index is 1.56. The third-order valence-electron chi connectivity index (χ3n) is 3.58. The van der Waals surface area contributed by atoms with Crippen LogP contribution in [0.3, 0.4) is 0 Å². The van der Waals surface area contributed by atoms with Crippen molar-refractivity contribution in [2.24, 2.45) is 0 Å². The average Bonchev–Trinajstić information content (AvgIpc) is 3.19. The van der Waals surface area contributed by atoms with Gasteiger partial charge in [-0.15, -0.1) is 10.2 Å². The molecular weight excluding hydrogens is 326 g/mol. The minimum absolute atomic E-state index is 0.0999. The molecule has 0 spiro atoms. The maximum absolute atomic E-state index is 10.6. The van der Waals surface area contributed by atoms with E-state index < -0.39 is 11.0 Å². The summed E-state index contributed by atoms with van der Waals surface area (Å²) in [5, 5.41) is 36.7. The van der Waals surface area contributed by atoms with Crippen LogP contribution in [0.4, 0.5) is 5.69 Å². The first-order valence-electron chi connectivity index (χ1n) is 7.67. The first-order valence-corrected chi connectivity index (χ1v) is 7.67. The summed E-state index contributed by atoms with van der Waals surface area (Å²) in [5.41, 5.74) is 2.14. The number of hydrogen-bond acceptors (Lipinski definition) is 7. The molecule has 10 heteroatoms. The molecule has 130 valence electrons. The van der Waals surface area contributed by atoms with E-state index in [1.165, 1.54) is 21.2 Å². The van der Waals surface area contributed by atoms with Gasteiger partial charge in [-0.05, 0) is 17.7 Å². The molecule has 10 nitrogen and oxygen atoms in total. The molecule has 1 N–H and O–H groups in total. The fourth-order valence-corrected chi connectivity index (χ4v) is 2.32.